The predicted octanol–water partition coefficient (Wildman–Crippen LogP) is 1.69. The van der Waals surface area contributed by atoms with Gasteiger partial charge in [0.05, 0.1) is 6.54 Å². The monoisotopic (exact) mass is 272 g/mol. The second-order valence-electron chi connectivity index (χ2n) is 4.89. The van der Waals surface area contributed by atoms with E-state index in [9.17, 15) is 4.39 Å². The van der Waals surface area contributed by atoms with Crippen LogP contribution in [0.2, 0.25) is 0 Å². The molecule has 0 atom stereocenters. The van der Waals surface area contributed by atoms with Crippen LogP contribution >= 0.6 is 0 Å². The van der Waals surface area contributed by atoms with Gasteiger partial charge in [-0.05, 0) is 6.07 Å². The normalized spacial score (nSPS) is 16.2. The van der Waals surface area contributed by atoms with Gasteiger partial charge in [-0.2, -0.15) is 0 Å². The molecule has 1 aliphatic rings. The molecule has 2 heterocycles. The number of nitrogens with zero attached hydrogens (tertiary/aromatic N) is 3. The zero-order chi connectivity index (χ0) is 13.8. The summed E-state index contributed by atoms with van der Waals surface area (Å²) >= 11 is 0. The summed E-state index contributed by atoms with van der Waals surface area (Å²) in [6.45, 7) is 4.79. The Morgan fingerprint density at radius 3 is 2.50 bits per heavy atom. The van der Waals surface area contributed by atoms with E-state index in [0.29, 0.717) is 11.1 Å². The molecule has 2 aromatic rings. The van der Waals surface area contributed by atoms with Crippen molar-refractivity contribution in [2.75, 3.05) is 26.2 Å². The van der Waals surface area contributed by atoms with Crippen LogP contribution in [-0.4, -0.2) is 41.0 Å². The van der Waals surface area contributed by atoms with E-state index in [0.717, 1.165) is 38.5 Å². The average Bonchev–Trinajstić information content (AvgIpc) is 2.50. The van der Waals surface area contributed by atoms with Gasteiger partial charge in [-0.15, -0.1) is 0 Å². The maximum Gasteiger partial charge on any atom is 0.142 e. The second-order valence-corrected chi connectivity index (χ2v) is 4.89. The van der Waals surface area contributed by atoms with E-state index in [-0.39, 0.29) is 5.82 Å². The first kappa shape index (κ1) is 13.1. The van der Waals surface area contributed by atoms with Gasteiger partial charge < -0.3 is 5.32 Å². The molecule has 0 amide bonds. The Bertz CT molecular complexity index is 564. The summed E-state index contributed by atoms with van der Waals surface area (Å²) < 4.78 is 13.7. The van der Waals surface area contributed by atoms with E-state index < -0.39 is 0 Å². The van der Waals surface area contributed by atoms with Crippen molar-refractivity contribution < 1.29 is 4.39 Å². The van der Waals surface area contributed by atoms with E-state index in [1.54, 1.807) is 24.5 Å². The van der Waals surface area contributed by atoms with Gasteiger partial charge >= 0.3 is 0 Å². The summed E-state index contributed by atoms with van der Waals surface area (Å²) in [5.74, 6) is 0.540. The maximum atomic E-state index is 13.7. The van der Waals surface area contributed by atoms with Gasteiger partial charge in [-0.3, -0.25) is 4.90 Å². The molecule has 4 nitrogen and oxygen atoms in total. The van der Waals surface area contributed by atoms with Crippen molar-refractivity contribution in [3.8, 4) is 11.1 Å². The first-order chi connectivity index (χ1) is 9.83. The van der Waals surface area contributed by atoms with Crippen molar-refractivity contribution in [2.24, 2.45) is 0 Å². The molecule has 1 saturated heterocycles. The molecule has 1 fully saturated rings. The summed E-state index contributed by atoms with van der Waals surface area (Å²) in [6, 6.07) is 6.68. The summed E-state index contributed by atoms with van der Waals surface area (Å²) in [7, 11) is 0. The molecule has 0 aliphatic carbocycles. The summed E-state index contributed by atoms with van der Waals surface area (Å²) in [5.41, 5.74) is 1.26. The maximum absolute atomic E-state index is 13.7. The van der Waals surface area contributed by atoms with Crippen molar-refractivity contribution in [1.29, 1.82) is 0 Å². The van der Waals surface area contributed by atoms with Crippen LogP contribution in [0.1, 0.15) is 5.82 Å². The summed E-state index contributed by atoms with van der Waals surface area (Å²) in [4.78, 5) is 11.0. The Morgan fingerprint density at radius 2 is 1.80 bits per heavy atom. The highest BCUT2D eigenvalue weighted by Gasteiger charge is 2.11. The first-order valence-corrected chi connectivity index (χ1v) is 6.82. The molecular formula is C15H17FN4. The largest absolute Gasteiger partial charge is 0.314 e. The molecule has 1 aliphatic heterocycles. The fraction of sp³-hybridized carbons (Fsp3) is 0.333. The van der Waals surface area contributed by atoms with Gasteiger partial charge in [0.1, 0.15) is 11.6 Å². The van der Waals surface area contributed by atoms with Gasteiger partial charge in [-0.25, -0.2) is 14.4 Å². The fourth-order valence-corrected chi connectivity index (χ4v) is 2.34. The predicted molar refractivity (Wildman–Crippen MR) is 75.6 cm³/mol. The third-order valence-corrected chi connectivity index (χ3v) is 3.46. The number of rotatable bonds is 3. The van der Waals surface area contributed by atoms with E-state index in [2.05, 4.69) is 20.2 Å². The van der Waals surface area contributed by atoms with Gasteiger partial charge in [0, 0.05) is 49.7 Å². The van der Waals surface area contributed by atoms with Crippen LogP contribution in [0.25, 0.3) is 11.1 Å². The first-order valence-electron chi connectivity index (χ1n) is 6.82. The van der Waals surface area contributed by atoms with Crippen molar-refractivity contribution >= 4 is 0 Å². The minimum absolute atomic E-state index is 0.244. The lowest BCUT2D eigenvalue weighted by atomic mass is 10.1. The number of halogens is 1. The van der Waals surface area contributed by atoms with Crippen LogP contribution in [0, 0.1) is 5.82 Å². The molecule has 20 heavy (non-hydrogen) atoms. The third kappa shape index (κ3) is 3.00. The topological polar surface area (TPSA) is 41.1 Å². The van der Waals surface area contributed by atoms with Crippen LogP contribution in [0.5, 0.6) is 0 Å². The highest BCUT2D eigenvalue weighted by molar-refractivity contribution is 5.61. The van der Waals surface area contributed by atoms with Crippen LogP contribution in [-0.2, 0) is 6.54 Å². The van der Waals surface area contributed by atoms with E-state index in [1.807, 2.05) is 6.07 Å². The van der Waals surface area contributed by atoms with E-state index in [4.69, 9.17) is 0 Å². The minimum atomic E-state index is -0.244. The Balaban J connectivity index is 1.73. The molecule has 5 heteroatoms. The number of hydrogen-bond donors (Lipinski definition) is 1. The van der Waals surface area contributed by atoms with Gasteiger partial charge in [0.25, 0.3) is 0 Å². The molecule has 0 unspecified atom stereocenters. The van der Waals surface area contributed by atoms with E-state index in [1.165, 1.54) is 6.07 Å². The van der Waals surface area contributed by atoms with Crippen LogP contribution in [0.15, 0.2) is 36.7 Å². The Labute approximate surface area is 117 Å². The number of benzene rings is 1. The zero-order valence-electron chi connectivity index (χ0n) is 11.2. The molecule has 0 bridgehead atoms. The number of piperazine rings is 1. The highest BCUT2D eigenvalue weighted by Crippen LogP contribution is 2.20. The van der Waals surface area contributed by atoms with Crippen LogP contribution in [0.3, 0.4) is 0 Å². The van der Waals surface area contributed by atoms with Crippen molar-refractivity contribution in [3.05, 3.63) is 48.3 Å². The number of nitrogens with one attached hydrogen (secondary N) is 1. The van der Waals surface area contributed by atoms with Gasteiger partial charge in [0.2, 0.25) is 0 Å². The Hall–Kier alpha value is -1.85. The zero-order valence-corrected chi connectivity index (χ0v) is 11.2. The standard InChI is InChI=1S/C15H17FN4/c16-14-4-2-1-3-13(14)12-9-18-15(19-10-12)11-20-7-5-17-6-8-20/h1-4,9-10,17H,5-8,11H2. The Kier molecular flexibility index (Phi) is 3.99. The third-order valence-electron chi connectivity index (χ3n) is 3.46. The lowest BCUT2D eigenvalue weighted by Crippen LogP contribution is -2.43. The van der Waals surface area contributed by atoms with Crippen LogP contribution in [0.4, 0.5) is 4.39 Å². The lowest BCUT2D eigenvalue weighted by molar-refractivity contribution is 0.228. The second kappa shape index (κ2) is 6.07. The van der Waals surface area contributed by atoms with Crippen molar-refractivity contribution in [3.63, 3.8) is 0 Å². The SMILES string of the molecule is Fc1ccccc1-c1cnc(CN2CCNCC2)nc1. The molecule has 0 spiro atoms. The minimum Gasteiger partial charge on any atom is -0.314 e. The summed E-state index contributed by atoms with van der Waals surface area (Å²) in [5, 5.41) is 3.31. The summed E-state index contributed by atoms with van der Waals surface area (Å²) in [6.07, 6.45) is 3.39. The molecular weight excluding hydrogens is 255 g/mol. The van der Waals surface area contributed by atoms with Crippen LogP contribution < -0.4 is 5.32 Å². The van der Waals surface area contributed by atoms with Crippen molar-refractivity contribution in [2.45, 2.75) is 6.54 Å². The van der Waals surface area contributed by atoms with Crippen molar-refractivity contribution in [1.82, 2.24) is 20.2 Å². The van der Waals surface area contributed by atoms with E-state index >= 15 is 0 Å². The molecule has 0 radical (unpaired) electrons. The molecule has 1 aromatic heterocycles. The quantitative estimate of drug-likeness (QED) is 0.923. The molecule has 104 valence electrons. The molecule has 1 N–H and O–H groups in total. The molecule has 1 aromatic carbocycles. The average molecular weight is 272 g/mol. The molecule has 0 saturated carbocycles. The number of hydrogen-bond acceptors (Lipinski definition) is 4. The lowest BCUT2D eigenvalue weighted by Gasteiger charge is -2.26. The smallest absolute Gasteiger partial charge is 0.142 e. The Morgan fingerprint density at radius 1 is 1.10 bits per heavy atom. The van der Waals surface area contributed by atoms with Gasteiger partial charge in [-0.1, -0.05) is 18.2 Å². The highest BCUT2D eigenvalue weighted by atomic mass is 19.1. The van der Waals surface area contributed by atoms with Gasteiger partial charge in [0.15, 0.2) is 0 Å². The number of aromatic nitrogens is 2. The fourth-order valence-electron chi connectivity index (χ4n) is 2.34. The molecule has 3 rings (SSSR count).